The third kappa shape index (κ3) is 5.67. The van der Waals surface area contributed by atoms with E-state index in [4.69, 9.17) is 0 Å². The van der Waals surface area contributed by atoms with Crippen LogP contribution in [0, 0.1) is 5.82 Å². The summed E-state index contributed by atoms with van der Waals surface area (Å²) >= 11 is 0. The molecule has 7 nitrogen and oxygen atoms in total. The van der Waals surface area contributed by atoms with E-state index in [0.29, 0.717) is 29.6 Å². The minimum Gasteiger partial charge on any atom is -0.354 e. The Hall–Kier alpha value is -3.46. The monoisotopic (exact) mass is 539 g/mol. The van der Waals surface area contributed by atoms with E-state index in [1.165, 1.54) is 21.3 Å². The number of nitrogens with one attached hydrogen (secondary N) is 1. The minimum atomic E-state index is -3.71. The average molecular weight is 540 g/mol. The first-order chi connectivity index (χ1) is 18.3. The minimum absolute atomic E-state index is 0.0677. The smallest absolute Gasteiger partial charge is 0.265 e. The molecule has 1 N–H and O–H groups in total. The van der Waals surface area contributed by atoms with Crippen LogP contribution in [0.3, 0.4) is 0 Å². The summed E-state index contributed by atoms with van der Waals surface area (Å²) in [6, 6.07) is 15.9. The predicted molar refractivity (Wildman–Crippen MR) is 147 cm³/mol. The van der Waals surface area contributed by atoms with Gasteiger partial charge in [0.15, 0.2) is 0 Å². The van der Waals surface area contributed by atoms with Gasteiger partial charge in [0.2, 0.25) is 11.8 Å². The van der Waals surface area contributed by atoms with Gasteiger partial charge in [-0.1, -0.05) is 56.7 Å². The molecule has 4 rings (SSSR count). The molecule has 1 aliphatic heterocycles. The maximum atomic E-state index is 13.5. The van der Waals surface area contributed by atoms with Crippen molar-refractivity contribution >= 4 is 38.3 Å². The summed E-state index contributed by atoms with van der Waals surface area (Å²) in [4.78, 5) is 28.3. The second-order valence-electron chi connectivity index (χ2n) is 9.53. The topological polar surface area (TPSA) is 86.8 Å². The molecule has 2 amide bonds. The molecular weight excluding hydrogens is 505 g/mol. The van der Waals surface area contributed by atoms with Gasteiger partial charge in [-0.15, -0.1) is 0 Å². The summed E-state index contributed by atoms with van der Waals surface area (Å²) in [6.45, 7) is 4.72. The SMILES string of the molecule is CCCCNC(=O)[C@H](CC)N(Cc1ccc(F)cc1)C(=O)CCCN1c2cccc3cccc(c23)S1(=O)=O. The molecule has 1 atom stereocenters. The number of hydrogen-bond acceptors (Lipinski definition) is 4. The number of amides is 2. The Morgan fingerprint density at radius 2 is 1.71 bits per heavy atom. The molecule has 202 valence electrons. The van der Waals surface area contributed by atoms with Gasteiger partial charge in [0.25, 0.3) is 10.0 Å². The van der Waals surface area contributed by atoms with Crippen molar-refractivity contribution in [1.29, 1.82) is 0 Å². The lowest BCUT2D eigenvalue weighted by Gasteiger charge is -2.31. The Kier molecular flexibility index (Phi) is 8.66. The first-order valence-electron chi connectivity index (χ1n) is 13.1. The molecule has 3 aromatic rings. The standard InChI is InChI=1S/C29H34FN3O4S/c1-3-5-18-31-29(35)24(4-2)32(20-21-14-16-23(30)17-15-21)27(34)13-8-19-33-25-11-6-9-22-10-7-12-26(28(22)25)38(33,36)37/h6-7,9-12,14-17,24H,3-5,8,13,18-20H2,1-2H3,(H,31,35)/t24-/m0/s1. The summed E-state index contributed by atoms with van der Waals surface area (Å²) in [5.74, 6) is -0.849. The van der Waals surface area contributed by atoms with Gasteiger partial charge in [-0.3, -0.25) is 13.9 Å². The third-order valence-electron chi connectivity index (χ3n) is 6.91. The number of carbonyl (C=O) groups excluding carboxylic acids is 2. The van der Waals surface area contributed by atoms with Crippen molar-refractivity contribution in [3.05, 3.63) is 72.0 Å². The lowest BCUT2D eigenvalue weighted by Crippen LogP contribution is -2.49. The highest BCUT2D eigenvalue weighted by molar-refractivity contribution is 7.93. The van der Waals surface area contributed by atoms with Crippen molar-refractivity contribution in [2.45, 2.75) is 63.4 Å². The highest BCUT2D eigenvalue weighted by Crippen LogP contribution is 2.42. The van der Waals surface area contributed by atoms with E-state index in [1.54, 1.807) is 30.3 Å². The summed E-state index contributed by atoms with van der Waals surface area (Å²) in [5, 5.41) is 4.47. The van der Waals surface area contributed by atoms with Crippen molar-refractivity contribution in [3.63, 3.8) is 0 Å². The van der Waals surface area contributed by atoms with Gasteiger partial charge in [-0.25, -0.2) is 12.8 Å². The molecule has 3 aromatic carbocycles. The zero-order chi connectivity index (χ0) is 27.3. The van der Waals surface area contributed by atoms with E-state index in [1.807, 2.05) is 32.0 Å². The van der Waals surface area contributed by atoms with Gasteiger partial charge in [0.05, 0.1) is 10.6 Å². The van der Waals surface area contributed by atoms with Gasteiger partial charge in [-0.2, -0.15) is 0 Å². The van der Waals surface area contributed by atoms with Crippen LogP contribution in [0.15, 0.2) is 65.6 Å². The predicted octanol–water partition coefficient (Wildman–Crippen LogP) is 4.99. The van der Waals surface area contributed by atoms with E-state index in [2.05, 4.69) is 5.32 Å². The van der Waals surface area contributed by atoms with Crippen LogP contribution < -0.4 is 9.62 Å². The van der Waals surface area contributed by atoms with Crippen molar-refractivity contribution in [2.24, 2.45) is 0 Å². The average Bonchev–Trinajstić information content (AvgIpc) is 3.13. The fraction of sp³-hybridized carbons (Fsp3) is 0.379. The van der Waals surface area contributed by atoms with E-state index < -0.39 is 16.1 Å². The van der Waals surface area contributed by atoms with Crippen LogP contribution in [0.2, 0.25) is 0 Å². The van der Waals surface area contributed by atoms with Crippen LogP contribution in [-0.4, -0.2) is 44.3 Å². The molecule has 0 saturated heterocycles. The number of sulfonamides is 1. The Morgan fingerprint density at radius 1 is 1.00 bits per heavy atom. The molecule has 0 saturated carbocycles. The van der Waals surface area contributed by atoms with E-state index >= 15 is 0 Å². The maximum Gasteiger partial charge on any atom is 0.265 e. The van der Waals surface area contributed by atoms with E-state index in [0.717, 1.165) is 18.2 Å². The fourth-order valence-electron chi connectivity index (χ4n) is 4.93. The molecule has 0 fully saturated rings. The highest BCUT2D eigenvalue weighted by atomic mass is 32.2. The van der Waals surface area contributed by atoms with Gasteiger partial charge in [0, 0.05) is 31.4 Å². The van der Waals surface area contributed by atoms with E-state index in [9.17, 15) is 22.4 Å². The Balaban J connectivity index is 1.50. The van der Waals surface area contributed by atoms with Crippen LogP contribution in [0.25, 0.3) is 10.8 Å². The molecule has 0 radical (unpaired) electrons. The molecule has 0 aliphatic carbocycles. The van der Waals surface area contributed by atoms with Crippen LogP contribution >= 0.6 is 0 Å². The second-order valence-corrected chi connectivity index (χ2v) is 11.4. The zero-order valence-electron chi connectivity index (χ0n) is 21.8. The normalized spacial score (nSPS) is 14.4. The number of hydrogen-bond donors (Lipinski definition) is 1. The summed E-state index contributed by atoms with van der Waals surface area (Å²) in [7, 11) is -3.71. The number of benzene rings is 3. The zero-order valence-corrected chi connectivity index (χ0v) is 22.6. The molecule has 1 aliphatic rings. The molecular formula is C29H34FN3O4S. The number of nitrogens with zero attached hydrogens (tertiary/aromatic N) is 2. The molecule has 9 heteroatoms. The molecule has 0 unspecified atom stereocenters. The van der Waals surface area contributed by atoms with Crippen LogP contribution in [0.4, 0.5) is 10.1 Å². The van der Waals surface area contributed by atoms with Crippen molar-refractivity contribution in [1.82, 2.24) is 10.2 Å². The Labute approximate surface area is 223 Å². The number of rotatable bonds is 12. The van der Waals surface area contributed by atoms with Gasteiger partial charge in [-0.05, 0) is 54.5 Å². The molecule has 38 heavy (non-hydrogen) atoms. The van der Waals surface area contributed by atoms with Crippen molar-refractivity contribution in [2.75, 3.05) is 17.4 Å². The van der Waals surface area contributed by atoms with Gasteiger partial charge >= 0.3 is 0 Å². The number of anilines is 1. The molecule has 1 heterocycles. The first kappa shape index (κ1) is 27.6. The highest BCUT2D eigenvalue weighted by Gasteiger charge is 2.35. The summed E-state index contributed by atoms with van der Waals surface area (Å²) < 4.78 is 41.4. The van der Waals surface area contributed by atoms with Crippen LogP contribution in [-0.2, 0) is 26.2 Å². The lowest BCUT2D eigenvalue weighted by molar-refractivity contribution is -0.141. The van der Waals surface area contributed by atoms with Crippen LogP contribution in [0.1, 0.15) is 51.5 Å². The van der Waals surface area contributed by atoms with Gasteiger partial charge in [0.1, 0.15) is 11.9 Å². The van der Waals surface area contributed by atoms with Gasteiger partial charge < -0.3 is 10.2 Å². The third-order valence-corrected chi connectivity index (χ3v) is 8.77. The quantitative estimate of drug-likeness (QED) is 0.329. The first-order valence-corrected chi connectivity index (χ1v) is 14.6. The second kappa shape index (κ2) is 11.9. The van der Waals surface area contributed by atoms with Crippen molar-refractivity contribution < 1.29 is 22.4 Å². The molecule has 0 bridgehead atoms. The largest absolute Gasteiger partial charge is 0.354 e. The van der Waals surface area contributed by atoms with E-state index in [-0.39, 0.29) is 48.5 Å². The van der Waals surface area contributed by atoms with Crippen LogP contribution in [0.5, 0.6) is 0 Å². The number of carbonyl (C=O) groups is 2. The molecule has 0 spiro atoms. The lowest BCUT2D eigenvalue weighted by atomic mass is 10.1. The maximum absolute atomic E-state index is 13.5. The van der Waals surface area contributed by atoms with Crippen molar-refractivity contribution in [3.8, 4) is 0 Å². The summed E-state index contributed by atoms with van der Waals surface area (Å²) in [5.41, 5.74) is 1.33. The fourth-order valence-corrected chi connectivity index (χ4v) is 6.68. The number of halogens is 1. The summed E-state index contributed by atoms with van der Waals surface area (Å²) in [6.07, 6.45) is 2.55. The Morgan fingerprint density at radius 3 is 2.39 bits per heavy atom. The Bertz CT molecular complexity index is 1400. The number of unbranched alkanes of at least 4 members (excludes halogenated alkanes) is 1. The molecule has 0 aromatic heterocycles.